The van der Waals surface area contributed by atoms with Crippen LogP contribution >= 0.6 is 0 Å². The molecule has 2 heterocycles. The van der Waals surface area contributed by atoms with Crippen molar-refractivity contribution in [3.63, 3.8) is 0 Å². The van der Waals surface area contributed by atoms with Gasteiger partial charge in [-0.25, -0.2) is 0 Å². The first-order chi connectivity index (χ1) is 16.1. The molecular formula is C30H57NO2Sn. The van der Waals surface area contributed by atoms with Crippen LogP contribution in [0.1, 0.15) is 113 Å². The molecule has 4 heteroatoms. The molecule has 2 aliphatic heterocycles. The Morgan fingerprint density at radius 3 is 2.06 bits per heavy atom. The van der Waals surface area contributed by atoms with Crippen molar-refractivity contribution in [2.75, 3.05) is 0 Å². The second-order valence-corrected chi connectivity index (χ2v) is 27.4. The van der Waals surface area contributed by atoms with Crippen LogP contribution in [0.3, 0.4) is 0 Å². The van der Waals surface area contributed by atoms with Gasteiger partial charge in [-0.1, -0.05) is 0 Å². The van der Waals surface area contributed by atoms with Crippen LogP contribution in [0.5, 0.6) is 0 Å². The van der Waals surface area contributed by atoms with Gasteiger partial charge in [-0.2, -0.15) is 0 Å². The molecule has 0 N–H and O–H groups in total. The number of carbonyl (C=O) groups is 1. The van der Waals surface area contributed by atoms with Gasteiger partial charge in [-0.05, 0) is 0 Å². The van der Waals surface area contributed by atoms with E-state index in [0.717, 1.165) is 5.92 Å². The summed E-state index contributed by atoms with van der Waals surface area (Å²) in [4.78, 5) is 16.7. The van der Waals surface area contributed by atoms with Crippen molar-refractivity contribution in [2.24, 2.45) is 29.6 Å². The summed E-state index contributed by atoms with van der Waals surface area (Å²) in [5.41, 5.74) is -0.0822. The Kier molecular flexibility index (Phi) is 10.3. The molecule has 3 aliphatic rings. The molecule has 1 amide bonds. The standard InChI is InChI=1S/C18H30NO2.3C4H9.Sn/c1-10(2)15-12(4)16(20)19-17(15)21-14-9-11(3)7-8-13(14)18(19,5)6;3*1-3-4-2;/h10-15,17H,4,7-9H2,1-3,5-6H3;3*1,3-4H2,2H3;/t11-,12-,13-,14-,15-,17+;;;;/m1..../s1. The number of amides is 1. The molecule has 2 saturated heterocycles. The summed E-state index contributed by atoms with van der Waals surface area (Å²) in [7, 11) is 0. The summed E-state index contributed by atoms with van der Waals surface area (Å²) >= 11 is -2.45. The Labute approximate surface area is 216 Å². The molecule has 0 spiro atoms. The normalized spacial score (nSPS) is 33.3. The first kappa shape index (κ1) is 28.8. The number of ether oxygens (including phenoxy) is 1. The fraction of sp³-hybridized carbons (Fsp3) is 0.967. The van der Waals surface area contributed by atoms with Crippen molar-refractivity contribution < 1.29 is 9.53 Å². The minimum absolute atomic E-state index is 0.00608. The average Bonchev–Trinajstić information content (AvgIpc) is 3.06. The van der Waals surface area contributed by atoms with Gasteiger partial charge in [0, 0.05) is 0 Å². The second kappa shape index (κ2) is 12.2. The third-order valence-corrected chi connectivity index (χ3v) is 25.9. The van der Waals surface area contributed by atoms with E-state index >= 15 is 0 Å². The van der Waals surface area contributed by atoms with Gasteiger partial charge in [0.25, 0.3) is 0 Å². The Bertz CT molecular complexity index is 640. The zero-order valence-electron chi connectivity index (χ0n) is 24.0. The topological polar surface area (TPSA) is 29.5 Å². The van der Waals surface area contributed by atoms with Crippen molar-refractivity contribution in [2.45, 2.75) is 149 Å². The number of unbranched alkanes of at least 4 members (excludes halogenated alkanes) is 3. The summed E-state index contributed by atoms with van der Waals surface area (Å²) in [6, 6.07) is 0. The van der Waals surface area contributed by atoms with Gasteiger partial charge in [0.1, 0.15) is 0 Å². The van der Waals surface area contributed by atoms with Crippen molar-refractivity contribution in [3.8, 4) is 0 Å². The Morgan fingerprint density at radius 2 is 1.56 bits per heavy atom. The molecule has 198 valence electrons. The maximum atomic E-state index is 14.4. The summed E-state index contributed by atoms with van der Waals surface area (Å²) in [6.07, 6.45) is 12.1. The fourth-order valence-electron chi connectivity index (χ4n) is 8.07. The van der Waals surface area contributed by atoms with Gasteiger partial charge >= 0.3 is 217 Å². The summed E-state index contributed by atoms with van der Waals surface area (Å²) in [5, 5.41) is 0. The monoisotopic (exact) mass is 583 g/mol. The molecule has 0 unspecified atom stereocenters. The van der Waals surface area contributed by atoms with Crippen LogP contribution in [-0.4, -0.2) is 47.1 Å². The minimum atomic E-state index is -2.45. The van der Waals surface area contributed by atoms with E-state index in [1.165, 1.54) is 75.5 Å². The Morgan fingerprint density at radius 1 is 1.00 bits per heavy atom. The zero-order valence-corrected chi connectivity index (χ0v) is 26.9. The van der Waals surface area contributed by atoms with Crippen LogP contribution in [0.2, 0.25) is 17.7 Å². The molecule has 0 radical (unpaired) electrons. The van der Waals surface area contributed by atoms with E-state index in [0.29, 0.717) is 29.8 Å². The summed E-state index contributed by atoms with van der Waals surface area (Å²) < 4.78 is 12.8. The molecule has 34 heavy (non-hydrogen) atoms. The third-order valence-electron chi connectivity index (χ3n) is 10.1. The zero-order chi connectivity index (χ0) is 25.1. The van der Waals surface area contributed by atoms with E-state index in [2.05, 4.69) is 60.3 Å². The molecule has 1 aliphatic carbocycles. The number of nitrogens with zero attached hydrogens (tertiary/aromatic N) is 1. The first-order valence-electron chi connectivity index (χ1n) is 15.1. The molecule has 0 aromatic heterocycles. The van der Waals surface area contributed by atoms with Crippen molar-refractivity contribution in [3.05, 3.63) is 0 Å². The van der Waals surface area contributed by atoms with Crippen LogP contribution in [0.4, 0.5) is 0 Å². The van der Waals surface area contributed by atoms with Crippen molar-refractivity contribution in [1.82, 2.24) is 4.90 Å². The molecule has 3 rings (SSSR count). The molecule has 0 aromatic rings. The molecule has 0 aromatic carbocycles. The van der Waals surface area contributed by atoms with Crippen molar-refractivity contribution >= 4 is 24.3 Å². The van der Waals surface area contributed by atoms with Crippen LogP contribution in [-0.2, 0) is 9.53 Å². The Hall–Kier alpha value is 0.229. The molecule has 1 saturated carbocycles. The second-order valence-electron chi connectivity index (χ2n) is 13.4. The SMILES string of the molecule is CCC[CH2][Sn]([CH2]CCC)([CH2]CCC)[CH2][C@H]1C(=O)N2[C@@H](O[C@@H]3C[C@H](C)CC[C@H]3C2(C)C)[C@@H]1C(C)C. The molecule has 6 atom stereocenters. The molecule has 3 nitrogen and oxygen atoms in total. The van der Waals surface area contributed by atoms with E-state index < -0.39 is 18.4 Å². The quantitative estimate of drug-likeness (QED) is 0.216. The van der Waals surface area contributed by atoms with Crippen molar-refractivity contribution in [1.29, 1.82) is 0 Å². The number of rotatable bonds is 12. The number of carbonyl (C=O) groups excluding carboxylic acids is 1. The van der Waals surface area contributed by atoms with Crippen LogP contribution < -0.4 is 0 Å². The van der Waals surface area contributed by atoms with Crippen LogP contribution in [0.25, 0.3) is 0 Å². The third kappa shape index (κ3) is 5.86. The van der Waals surface area contributed by atoms with E-state index in [9.17, 15) is 4.79 Å². The van der Waals surface area contributed by atoms with Gasteiger partial charge < -0.3 is 0 Å². The molecule has 0 bridgehead atoms. The van der Waals surface area contributed by atoms with Crippen LogP contribution in [0.15, 0.2) is 0 Å². The van der Waals surface area contributed by atoms with E-state index in [4.69, 9.17) is 4.74 Å². The number of hydrogen-bond donors (Lipinski definition) is 0. The van der Waals surface area contributed by atoms with Gasteiger partial charge in [0.15, 0.2) is 0 Å². The van der Waals surface area contributed by atoms with E-state index in [-0.39, 0.29) is 17.7 Å². The molecule has 3 fully saturated rings. The van der Waals surface area contributed by atoms with Gasteiger partial charge in [-0.3, -0.25) is 0 Å². The number of fused-ring (bicyclic) bond motifs is 2. The average molecular weight is 583 g/mol. The van der Waals surface area contributed by atoms with Gasteiger partial charge in [0.2, 0.25) is 0 Å². The molecular weight excluding hydrogens is 525 g/mol. The van der Waals surface area contributed by atoms with Gasteiger partial charge in [-0.15, -0.1) is 0 Å². The van der Waals surface area contributed by atoms with E-state index in [1.807, 2.05) is 0 Å². The Balaban J connectivity index is 1.95. The van der Waals surface area contributed by atoms with Gasteiger partial charge in [0.05, 0.1) is 0 Å². The summed E-state index contributed by atoms with van der Waals surface area (Å²) in [5.74, 6) is 2.77. The predicted octanol–water partition coefficient (Wildman–Crippen LogP) is 8.51. The van der Waals surface area contributed by atoms with E-state index in [1.54, 1.807) is 0 Å². The fourth-order valence-corrected chi connectivity index (χ4v) is 25.3. The predicted molar refractivity (Wildman–Crippen MR) is 148 cm³/mol. The maximum absolute atomic E-state index is 14.4. The first-order valence-corrected chi connectivity index (χ1v) is 23.2. The summed E-state index contributed by atoms with van der Waals surface area (Å²) in [6.45, 7) is 18.9. The van der Waals surface area contributed by atoms with Crippen LogP contribution in [0, 0.1) is 29.6 Å². The number of hydrogen-bond acceptors (Lipinski definition) is 2.